The lowest BCUT2D eigenvalue weighted by Gasteiger charge is -2.03. The first-order chi connectivity index (χ1) is 9.15. The van der Waals surface area contributed by atoms with Gasteiger partial charge in [0.1, 0.15) is 5.15 Å². The highest BCUT2D eigenvalue weighted by Crippen LogP contribution is 2.31. The molecule has 0 amide bonds. The summed E-state index contributed by atoms with van der Waals surface area (Å²) in [5.74, 6) is -0.0690. The van der Waals surface area contributed by atoms with Crippen LogP contribution in [0.3, 0.4) is 0 Å². The van der Waals surface area contributed by atoms with Crippen molar-refractivity contribution in [2.24, 2.45) is 0 Å². The van der Waals surface area contributed by atoms with Crippen LogP contribution in [0.15, 0.2) is 30.3 Å². The molecule has 1 heterocycles. The molecule has 0 aliphatic heterocycles. The largest absolute Gasteiger partial charge is 0.341 e. The number of hydrogen-bond donors (Lipinski definition) is 1. The van der Waals surface area contributed by atoms with Gasteiger partial charge in [0.05, 0.1) is 10.7 Å². The Balaban J connectivity index is 2.39. The lowest BCUT2D eigenvalue weighted by molar-refractivity contribution is 0.103. The molecule has 2 nitrogen and oxygen atoms in total. The van der Waals surface area contributed by atoms with E-state index >= 15 is 0 Å². The maximum absolute atomic E-state index is 12.4. The van der Waals surface area contributed by atoms with Crippen molar-refractivity contribution < 1.29 is 4.79 Å². The third-order valence-electron chi connectivity index (χ3n) is 3.04. The summed E-state index contributed by atoms with van der Waals surface area (Å²) >= 11 is 12.2. The summed E-state index contributed by atoms with van der Waals surface area (Å²) in [7, 11) is 0. The van der Waals surface area contributed by atoms with Crippen molar-refractivity contribution >= 4 is 29.0 Å². The zero-order chi connectivity index (χ0) is 13.8. The number of H-pyrrole nitrogens is 1. The van der Waals surface area contributed by atoms with E-state index in [0.29, 0.717) is 21.4 Å². The normalized spacial score (nSPS) is 10.7. The topological polar surface area (TPSA) is 32.9 Å². The number of ketones is 1. The van der Waals surface area contributed by atoms with Crippen molar-refractivity contribution in [3.63, 3.8) is 0 Å². The molecule has 4 heteroatoms. The summed E-state index contributed by atoms with van der Waals surface area (Å²) in [6.07, 6.45) is 2.77. The van der Waals surface area contributed by atoms with E-state index in [1.54, 1.807) is 12.1 Å². The van der Waals surface area contributed by atoms with Gasteiger partial charge < -0.3 is 4.98 Å². The number of aromatic amines is 1. The molecule has 1 aromatic heterocycles. The quantitative estimate of drug-likeness (QED) is 0.782. The van der Waals surface area contributed by atoms with E-state index < -0.39 is 0 Å². The first kappa shape index (κ1) is 14.2. The Hall–Kier alpha value is -1.25. The predicted molar refractivity (Wildman–Crippen MR) is 79.3 cm³/mol. The van der Waals surface area contributed by atoms with Crippen LogP contribution in [0.2, 0.25) is 10.2 Å². The van der Waals surface area contributed by atoms with E-state index in [1.807, 2.05) is 18.2 Å². The van der Waals surface area contributed by atoms with E-state index in [1.165, 1.54) is 0 Å². The maximum atomic E-state index is 12.4. The summed E-state index contributed by atoms with van der Waals surface area (Å²) in [6, 6.07) is 9.13. The van der Waals surface area contributed by atoms with Crippen LogP contribution < -0.4 is 0 Å². The molecular formula is C15H15Cl2NO. The number of carbonyl (C=O) groups is 1. The second-order valence-corrected chi connectivity index (χ2v) is 5.16. The third-order valence-corrected chi connectivity index (χ3v) is 3.83. The van der Waals surface area contributed by atoms with E-state index in [2.05, 4.69) is 11.9 Å². The highest BCUT2D eigenvalue weighted by molar-refractivity contribution is 6.42. The maximum Gasteiger partial charge on any atom is 0.209 e. The highest BCUT2D eigenvalue weighted by atomic mass is 35.5. The summed E-state index contributed by atoms with van der Waals surface area (Å²) < 4.78 is 0. The minimum Gasteiger partial charge on any atom is -0.341 e. The van der Waals surface area contributed by atoms with Crippen LogP contribution in [0, 0.1) is 0 Å². The average molecular weight is 296 g/mol. The Morgan fingerprint density at radius 2 is 1.89 bits per heavy atom. The summed E-state index contributed by atoms with van der Waals surface area (Å²) in [4.78, 5) is 15.4. The van der Waals surface area contributed by atoms with Gasteiger partial charge in [-0.25, -0.2) is 0 Å². The summed E-state index contributed by atoms with van der Waals surface area (Å²) in [5.41, 5.74) is 1.96. The number of hydrogen-bond acceptors (Lipinski definition) is 1. The Morgan fingerprint density at radius 1 is 1.21 bits per heavy atom. The molecule has 2 rings (SSSR count). The smallest absolute Gasteiger partial charge is 0.209 e. The van der Waals surface area contributed by atoms with E-state index in [-0.39, 0.29) is 5.78 Å². The van der Waals surface area contributed by atoms with Crippen molar-refractivity contribution in [2.75, 3.05) is 0 Å². The average Bonchev–Trinajstić information content (AvgIpc) is 2.73. The molecule has 0 aliphatic rings. The van der Waals surface area contributed by atoms with Gasteiger partial charge >= 0.3 is 0 Å². The number of nitrogens with one attached hydrogen (secondary N) is 1. The Morgan fingerprint density at radius 3 is 2.53 bits per heavy atom. The van der Waals surface area contributed by atoms with Crippen LogP contribution in [0.25, 0.3) is 0 Å². The Labute approximate surface area is 122 Å². The molecule has 0 atom stereocenters. The van der Waals surface area contributed by atoms with Crippen LogP contribution in [0.1, 0.15) is 41.4 Å². The number of halogens is 2. The molecule has 0 unspecified atom stereocenters. The standard InChI is InChI=1S/C15H15Cl2NO/c1-2-3-9-11-12(16)15(17)18-13(11)14(19)10-7-5-4-6-8-10/h4-8,18H,2-3,9H2,1H3. The van der Waals surface area contributed by atoms with Gasteiger partial charge in [-0.2, -0.15) is 0 Å². The fraction of sp³-hybridized carbons (Fsp3) is 0.267. The number of benzene rings is 1. The lowest BCUT2D eigenvalue weighted by atomic mass is 10.0. The molecule has 0 aliphatic carbocycles. The van der Waals surface area contributed by atoms with Crippen LogP contribution in [0.5, 0.6) is 0 Å². The molecule has 0 radical (unpaired) electrons. The predicted octanol–water partition coefficient (Wildman–Crippen LogP) is 4.90. The molecule has 1 N–H and O–H groups in total. The van der Waals surface area contributed by atoms with Gasteiger partial charge in [0, 0.05) is 11.1 Å². The van der Waals surface area contributed by atoms with Crippen LogP contribution in [-0.2, 0) is 6.42 Å². The number of carbonyl (C=O) groups excluding carboxylic acids is 1. The van der Waals surface area contributed by atoms with Crippen molar-refractivity contribution in [2.45, 2.75) is 26.2 Å². The minimum atomic E-state index is -0.0690. The molecule has 0 spiro atoms. The molecule has 0 saturated carbocycles. The van der Waals surface area contributed by atoms with E-state index in [9.17, 15) is 4.79 Å². The molecule has 19 heavy (non-hydrogen) atoms. The van der Waals surface area contributed by atoms with Gasteiger partial charge in [0.2, 0.25) is 5.78 Å². The minimum absolute atomic E-state index is 0.0690. The van der Waals surface area contributed by atoms with Gasteiger partial charge in [-0.3, -0.25) is 4.79 Å². The lowest BCUT2D eigenvalue weighted by Crippen LogP contribution is -2.05. The molecule has 0 fully saturated rings. The zero-order valence-corrected chi connectivity index (χ0v) is 12.2. The van der Waals surface area contributed by atoms with Gasteiger partial charge in [-0.15, -0.1) is 0 Å². The molecule has 0 saturated heterocycles. The van der Waals surface area contributed by atoms with Gasteiger partial charge in [-0.05, 0) is 12.8 Å². The molecule has 1 aromatic carbocycles. The third kappa shape index (κ3) is 3.02. The Bertz CT molecular complexity index is 575. The van der Waals surface area contributed by atoms with Crippen molar-refractivity contribution in [1.82, 2.24) is 4.98 Å². The first-order valence-corrected chi connectivity index (χ1v) is 7.06. The van der Waals surface area contributed by atoms with E-state index in [0.717, 1.165) is 24.8 Å². The summed E-state index contributed by atoms with van der Waals surface area (Å²) in [5, 5.41) is 0.807. The monoisotopic (exact) mass is 295 g/mol. The van der Waals surface area contributed by atoms with E-state index in [4.69, 9.17) is 23.2 Å². The highest BCUT2D eigenvalue weighted by Gasteiger charge is 2.20. The van der Waals surface area contributed by atoms with Crippen LogP contribution in [-0.4, -0.2) is 10.8 Å². The van der Waals surface area contributed by atoms with Gasteiger partial charge in [0.15, 0.2) is 0 Å². The molecule has 100 valence electrons. The molecular weight excluding hydrogens is 281 g/mol. The molecule has 2 aromatic rings. The zero-order valence-electron chi connectivity index (χ0n) is 10.7. The second-order valence-electron chi connectivity index (χ2n) is 4.41. The van der Waals surface area contributed by atoms with Crippen molar-refractivity contribution in [3.05, 3.63) is 57.3 Å². The fourth-order valence-electron chi connectivity index (χ4n) is 2.00. The van der Waals surface area contributed by atoms with Gasteiger partial charge in [0.25, 0.3) is 0 Å². The number of unbranched alkanes of at least 4 members (excludes halogenated alkanes) is 1. The van der Waals surface area contributed by atoms with Crippen molar-refractivity contribution in [3.8, 4) is 0 Å². The number of rotatable bonds is 5. The second kappa shape index (κ2) is 6.27. The van der Waals surface area contributed by atoms with Crippen LogP contribution >= 0.6 is 23.2 Å². The first-order valence-electron chi connectivity index (χ1n) is 6.30. The number of aromatic nitrogens is 1. The van der Waals surface area contributed by atoms with Gasteiger partial charge in [-0.1, -0.05) is 66.9 Å². The molecule has 0 bridgehead atoms. The SMILES string of the molecule is CCCCc1c(C(=O)c2ccccc2)[nH]c(Cl)c1Cl. The van der Waals surface area contributed by atoms with Crippen LogP contribution in [0.4, 0.5) is 0 Å². The summed E-state index contributed by atoms with van der Waals surface area (Å²) in [6.45, 7) is 2.10. The fourth-order valence-corrected chi connectivity index (χ4v) is 2.44. The van der Waals surface area contributed by atoms with Crippen molar-refractivity contribution in [1.29, 1.82) is 0 Å². The Kier molecular flexibility index (Phi) is 4.67.